The van der Waals surface area contributed by atoms with Crippen LogP contribution in [-0.4, -0.2) is 11.1 Å². The lowest BCUT2D eigenvalue weighted by Crippen LogP contribution is -2.01. The van der Waals surface area contributed by atoms with E-state index in [0.29, 0.717) is 34.1 Å². The number of ether oxygens (including phenoxy) is 2. The summed E-state index contributed by atoms with van der Waals surface area (Å²) in [6.45, 7) is 1.67. The number of nitrogens with zero attached hydrogens (tertiary/aromatic N) is 1. The molecule has 138 valence electrons. The third-order valence-corrected chi connectivity index (χ3v) is 3.93. The summed E-state index contributed by atoms with van der Waals surface area (Å²) in [6, 6.07) is 22.9. The predicted molar refractivity (Wildman–Crippen MR) is 105 cm³/mol. The minimum atomic E-state index is -1.02. The maximum absolute atomic E-state index is 11.5. The second-order valence-electron chi connectivity index (χ2n) is 5.82. The van der Waals surface area contributed by atoms with E-state index >= 15 is 0 Å². The van der Waals surface area contributed by atoms with Crippen LogP contribution in [0.25, 0.3) is 5.57 Å². The first kappa shape index (κ1) is 18.7. The van der Waals surface area contributed by atoms with E-state index in [1.165, 1.54) is 6.08 Å². The Kier molecular flexibility index (Phi) is 5.73. The van der Waals surface area contributed by atoms with Gasteiger partial charge in [0, 0.05) is 11.6 Å². The number of carbonyl (C=O) groups is 1. The van der Waals surface area contributed by atoms with Crippen molar-refractivity contribution in [2.45, 2.75) is 6.92 Å². The lowest BCUT2D eigenvalue weighted by molar-refractivity contribution is -0.130. The Morgan fingerprint density at radius 3 is 2.25 bits per heavy atom. The molecule has 3 rings (SSSR count). The van der Waals surface area contributed by atoms with Gasteiger partial charge in [0.05, 0.1) is 17.2 Å². The molecule has 0 fully saturated rings. The van der Waals surface area contributed by atoms with Gasteiger partial charge < -0.3 is 14.6 Å². The van der Waals surface area contributed by atoms with Crippen LogP contribution >= 0.6 is 0 Å². The summed E-state index contributed by atoms with van der Waals surface area (Å²) >= 11 is 0. The fraction of sp³-hybridized carbons (Fsp3) is 0.0435. The minimum absolute atomic E-state index is 0.163. The van der Waals surface area contributed by atoms with E-state index in [0.717, 1.165) is 0 Å². The largest absolute Gasteiger partial charge is 0.478 e. The highest BCUT2D eigenvalue weighted by molar-refractivity contribution is 6.16. The second kappa shape index (κ2) is 8.56. The van der Waals surface area contributed by atoms with Crippen molar-refractivity contribution in [3.63, 3.8) is 0 Å². The van der Waals surface area contributed by atoms with Crippen molar-refractivity contribution in [2.75, 3.05) is 0 Å². The Morgan fingerprint density at radius 2 is 1.57 bits per heavy atom. The van der Waals surface area contributed by atoms with Crippen molar-refractivity contribution in [1.82, 2.24) is 0 Å². The zero-order chi connectivity index (χ0) is 19.9. The molecule has 5 heteroatoms. The topological polar surface area (TPSA) is 79.6 Å². The van der Waals surface area contributed by atoms with Gasteiger partial charge in [0.15, 0.2) is 0 Å². The number of hydrogen-bond donors (Lipinski definition) is 1. The van der Waals surface area contributed by atoms with Gasteiger partial charge in [0.2, 0.25) is 0 Å². The maximum atomic E-state index is 11.5. The van der Waals surface area contributed by atoms with Crippen LogP contribution in [-0.2, 0) is 4.79 Å². The minimum Gasteiger partial charge on any atom is -0.478 e. The van der Waals surface area contributed by atoms with Crippen LogP contribution in [0.4, 0.5) is 0 Å². The number of rotatable bonds is 6. The quantitative estimate of drug-likeness (QED) is 0.568. The summed E-state index contributed by atoms with van der Waals surface area (Å²) in [6.07, 6.45) is 1.53. The van der Waals surface area contributed by atoms with E-state index in [9.17, 15) is 9.90 Å². The maximum Gasteiger partial charge on any atom is 0.336 e. The predicted octanol–water partition coefficient (Wildman–Crippen LogP) is 5.63. The SMILES string of the molecule is C/C=C(/C(=O)O)c1ccccc1Oc1cccc(Oc2cccc(C#N)c2)c1. The van der Waals surface area contributed by atoms with Crippen LogP contribution in [0.15, 0.2) is 78.9 Å². The van der Waals surface area contributed by atoms with Gasteiger partial charge in [-0.2, -0.15) is 5.26 Å². The molecule has 0 bridgehead atoms. The summed E-state index contributed by atoms with van der Waals surface area (Å²) in [4.78, 5) is 11.5. The molecule has 0 radical (unpaired) electrons. The van der Waals surface area contributed by atoms with Crippen LogP contribution in [0, 0.1) is 11.3 Å². The van der Waals surface area contributed by atoms with Crippen LogP contribution in [0.5, 0.6) is 23.0 Å². The van der Waals surface area contributed by atoms with Gasteiger partial charge >= 0.3 is 5.97 Å². The fourth-order valence-electron chi connectivity index (χ4n) is 2.67. The molecule has 0 saturated heterocycles. The van der Waals surface area contributed by atoms with Gasteiger partial charge in [0.1, 0.15) is 23.0 Å². The Hall–Kier alpha value is -4.04. The Bertz CT molecular complexity index is 1080. The molecule has 0 aliphatic heterocycles. The molecule has 0 unspecified atom stereocenters. The van der Waals surface area contributed by atoms with Crippen molar-refractivity contribution >= 4 is 11.5 Å². The highest BCUT2D eigenvalue weighted by Gasteiger charge is 2.15. The zero-order valence-corrected chi connectivity index (χ0v) is 15.1. The van der Waals surface area contributed by atoms with E-state index in [2.05, 4.69) is 6.07 Å². The highest BCUT2D eigenvalue weighted by atomic mass is 16.5. The summed E-state index contributed by atoms with van der Waals surface area (Å²) in [5, 5.41) is 18.4. The first-order valence-corrected chi connectivity index (χ1v) is 8.55. The van der Waals surface area contributed by atoms with E-state index in [1.54, 1.807) is 79.7 Å². The van der Waals surface area contributed by atoms with E-state index in [-0.39, 0.29) is 5.57 Å². The molecule has 0 heterocycles. The molecule has 0 amide bonds. The molecule has 28 heavy (non-hydrogen) atoms. The summed E-state index contributed by atoms with van der Waals surface area (Å²) in [5.41, 5.74) is 1.16. The number of para-hydroxylation sites is 1. The summed E-state index contributed by atoms with van der Waals surface area (Å²) in [7, 11) is 0. The Balaban J connectivity index is 1.86. The van der Waals surface area contributed by atoms with Crippen molar-refractivity contribution in [2.24, 2.45) is 0 Å². The molecule has 0 aliphatic carbocycles. The molecular formula is C23H17NO4. The number of allylic oxidation sites excluding steroid dienone is 1. The molecule has 0 aromatic heterocycles. The van der Waals surface area contributed by atoms with Crippen LogP contribution in [0.1, 0.15) is 18.1 Å². The van der Waals surface area contributed by atoms with Crippen LogP contribution in [0.2, 0.25) is 0 Å². The molecular weight excluding hydrogens is 354 g/mol. The number of carboxylic acids is 1. The van der Waals surface area contributed by atoms with E-state index in [4.69, 9.17) is 14.7 Å². The average Bonchev–Trinajstić information content (AvgIpc) is 2.70. The molecule has 0 atom stereocenters. The van der Waals surface area contributed by atoms with Gasteiger partial charge in [-0.15, -0.1) is 0 Å². The monoisotopic (exact) mass is 371 g/mol. The van der Waals surface area contributed by atoms with Gasteiger partial charge in [0.25, 0.3) is 0 Å². The first-order chi connectivity index (χ1) is 13.6. The average molecular weight is 371 g/mol. The summed E-state index contributed by atoms with van der Waals surface area (Å²) in [5.74, 6) is 0.991. The molecule has 5 nitrogen and oxygen atoms in total. The molecule has 0 spiro atoms. The Labute approximate surface area is 162 Å². The van der Waals surface area contributed by atoms with E-state index in [1.807, 2.05) is 0 Å². The lowest BCUT2D eigenvalue weighted by Gasteiger charge is -2.13. The van der Waals surface area contributed by atoms with Crippen molar-refractivity contribution in [3.05, 3.63) is 90.0 Å². The third-order valence-electron chi connectivity index (χ3n) is 3.93. The van der Waals surface area contributed by atoms with Crippen LogP contribution < -0.4 is 9.47 Å². The lowest BCUT2D eigenvalue weighted by atomic mass is 10.0. The van der Waals surface area contributed by atoms with Gasteiger partial charge in [-0.3, -0.25) is 0 Å². The molecule has 0 saturated carbocycles. The standard InChI is InChI=1S/C23H17NO4/c1-2-20(23(25)26)21-11-3-4-12-22(21)28-19-10-6-9-18(14-19)27-17-8-5-7-16(13-17)15-24/h2-14H,1H3,(H,25,26)/b20-2+. The number of carboxylic acid groups (broad SMARTS) is 1. The second-order valence-corrected chi connectivity index (χ2v) is 5.82. The number of benzene rings is 3. The molecule has 3 aromatic carbocycles. The number of aliphatic carboxylic acids is 1. The number of nitriles is 1. The molecule has 0 aliphatic rings. The van der Waals surface area contributed by atoms with Crippen molar-refractivity contribution in [3.8, 4) is 29.1 Å². The molecule has 3 aromatic rings. The summed E-state index contributed by atoms with van der Waals surface area (Å²) < 4.78 is 11.7. The van der Waals surface area contributed by atoms with E-state index < -0.39 is 5.97 Å². The van der Waals surface area contributed by atoms with Crippen LogP contribution in [0.3, 0.4) is 0 Å². The normalized spacial score (nSPS) is 10.8. The fourth-order valence-corrected chi connectivity index (χ4v) is 2.67. The highest BCUT2D eigenvalue weighted by Crippen LogP contribution is 2.33. The third kappa shape index (κ3) is 4.37. The number of hydrogen-bond acceptors (Lipinski definition) is 4. The van der Waals surface area contributed by atoms with Gasteiger partial charge in [-0.25, -0.2) is 4.79 Å². The molecule has 1 N–H and O–H groups in total. The smallest absolute Gasteiger partial charge is 0.336 e. The van der Waals surface area contributed by atoms with Crippen molar-refractivity contribution < 1.29 is 19.4 Å². The van der Waals surface area contributed by atoms with Crippen molar-refractivity contribution in [1.29, 1.82) is 5.26 Å². The van der Waals surface area contributed by atoms with Gasteiger partial charge in [-0.1, -0.05) is 36.4 Å². The Morgan fingerprint density at radius 1 is 0.929 bits per heavy atom. The van der Waals surface area contributed by atoms with Gasteiger partial charge in [-0.05, 0) is 43.3 Å². The first-order valence-electron chi connectivity index (χ1n) is 8.55. The zero-order valence-electron chi connectivity index (χ0n) is 15.1.